The molecule has 1 saturated heterocycles. The Morgan fingerprint density at radius 2 is 1.78 bits per heavy atom. The van der Waals surface area contributed by atoms with Crippen molar-refractivity contribution in [3.05, 3.63) is 24.3 Å². The molecule has 2 rings (SSSR count). The second-order valence-electron chi connectivity index (χ2n) is 6.22. The first-order chi connectivity index (χ1) is 12.6. The number of nitrogens with one attached hydrogen (secondary N) is 2. The second kappa shape index (κ2) is 9.23. The first-order valence-corrected chi connectivity index (χ1v) is 11.2. The first kappa shape index (κ1) is 21.2. The fraction of sp³-hybridized carbons (Fsp3) is 0.471. The van der Waals surface area contributed by atoms with Crippen LogP contribution in [-0.2, 0) is 29.0 Å². The molecule has 10 heteroatoms. The van der Waals surface area contributed by atoms with Crippen molar-refractivity contribution in [2.24, 2.45) is 0 Å². The Morgan fingerprint density at radius 1 is 1.19 bits per heavy atom. The minimum absolute atomic E-state index is 0.00319. The summed E-state index contributed by atoms with van der Waals surface area (Å²) < 4.78 is 27.9. The van der Waals surface area contributed by atoms with Crippen LogP contribution >= 0.6 is 11.8 Å². The first-order valence-electron chi connectivity index (χ1n) is 8.34. The molecular weight excluding hydrogens is 392 g/mol. The predicted octanol–water partition coefficient (Wildman–Crippen LogP) is 1.44. The van der Waals surface area contributed by atoms with Gasteiger partial charge < -0.3 is 15.4 Å². The smallest absolute Gasteiger partial charge is 0.316 e. The summed E-state index contributed by atoms with van der Waals surface area (Å²) in [6.07, 6.45) is -0.453. The molecule has 2 atom stereocenters. The molecule has 8 nitrogen and oxygen atoms in total. The van der Waals surface area contributed by atoms with Gasteiger partial charge >= 0.3 is 5.97 Å². The van der Waals surface area contributed by atoms with E-state index in [1.54, 1.807) is 24.3 Å². The van der Waals surface area contributed by atoms with Crippen LogP contribution in [0.3, 0.4) is 0 Å². The molecule has 1 aromatic carbocycles. The highest BCUT2D eigenvalue weighted by Gasteiger charge is 2.29. The maximum absolute atomic E-state index is 12.1. The lowest BCUT2D eigenvalue weighted by molar-refractivity contribution is -0.150. The summed E-state index contributed by atoms with van der Waals surface area (Å²) in [5.41, 5.74) is 1.11. The molecule has 0 unspecified atom stereocenters. The largest absolute Gasteiger partial charge is 0.452 e. The quantitative estimate of drug-likeness (QED) is 0.648. The van der Waals surface area contributed by atoms with Crippen molar-refractivity contribution < 1.29 is 27.5 Å². The number of rotatable bonds is 7. The highest BCUT2D eigenvalue weighted by Crippen LogP contribution is 2.24. The van der Waals surface area contributed by atoms with Gasteiger partial charge in [0.1, 0.15) is 0 Å². The number of esters is 1. The number of hydrogen-bond acceptors (Lipinski definition) is 7. The van der Waals surface area contributed by atoms with Gasteiger partial charge in [0.15, 0.2) is 15.9 Å². The number of sulfone groups is 1. The third kappa shape index (κ3) is 7.22. The molecule has 2 N–H and O–H groups in total. The number of carbonyl (C=O) groups is 3. The van der Waals surface area contributed by atoms with Gasteiger partial charge in [-0.1, -0.05) is 0 Å². The molecule has 0 aromatic heterocycles. The molecule has 2 amide bonds. The summed E-state index contributed by atoms with van der Waals surface area (Å²) >= 11 is 1.24. The molecule has 0 saturated carbocycles. The van der Waals surface area contributed by atoms with E-state index in [1.165, 1.54) is 25.6 Å². The van der Waals surface area contributed by atoms with Crippen LogP contribution in [-0.4, -0.2) is 54.8 Å². The standard InChI is InChI=1S/C17H22N2O6S2/c1-11(25-16(21)9-26-15-7-8-27(23,24)10-15)17(22)19-14-5-3-13(4-6-14)18-12(2)20/h3-6,11,15H,7-10H2,1-2H3,(H,18,20)(H,19,22)/t11-,15-/m1/s1. The van der Waals surface area contributed by atoms with Gasteiger partial charge in [0.25, 0.3) is 5.91 Å². The summed E-state index contributed by atoms with van der Waals surface area (Å²) in [6.45, 7) is 2.86. The van der Waals surface area contributed by atoms with E-state index in [0.29, 0.717) is 17.8 Å². The average Bonchev–Trinajstić information content (AvgIpc) is 2.93. The Balaban J connectivity index is 1.76. The zero-order valence-electron chi connectivity index (χ0n) is 15.1. The maximum Gasteiger partial charge on any atom is 0.316 e. The molecule has 27 heavy (non-hydrogen) atoms. The van der Waals surface area contributed by atoms with Crippen molar-refractivity contribution >= 4 is 50.8 Å². The SMILES string of the molecule is CC(=O)Nc1ccc(NC(=O)[C@@H](C)OC(=O)CS[C@@H]2CCS(=O)(=O)C2)cc1. The zero-order chi connectivity index (χ0) is 20.0. The van der Waals surface area contributed by atoms with Gasteiger partial charge in [-0.2, -0.15) is 0 Å². The molecule has 0 bridgehead atoms. The van der Waals surface area contributed by atoms with E-state index in [-0.39, 0.29) is 28.4 Å². The fourth-order valence-electron chi connectivity index (χ4n) is 2.45. The van der Waals surface area contributed by atoms with Crippen molar-refractivity contribution in [2.45, 2.75) is 31.6 Å². The van der Waals surface area contributed by atoms with Crippen molar-refractivity contribution in [2.75, 3.05) is 27.9 Å². The van der Waals surface area contributed by atoms with Crippen molar-refractivity contribution in [1.82, 2.24) is 0 Å². The molecular formula is C17H22N2O6S2. The Hall–Kier alpha value is -2.07. The fourth-order valence-corrected chi connectivity index (χ4v) is 5.87. The lowest BCUT2D eigenvalue weighted by atomic mass is 10.2. The summed E-state index contributed by atoms with van der Waals surface area (Å²) in [7, 11) is -2.98. The van der Waals surface area contributed by atoms with E-state index in [0.717, 1.165) is 0 Å². The third-order valence-electron chi connectivity index (χ3n) is 3.78. The number of carbonyl (C=O) groups excluding carboxylic acids is 3. The van der Waals surface area contributed by atoms with Crippen LogP contribution in [0.15, 0.2) is 24.3 Å². The van der Waals surface area contributed by atoms with Gasteiger partial charge in [-0.05, 0) is 37.6 Å². The van der Waals surface area contributed by atoms with E-state index in [2.05, 4.69) is 10.6 Å². The highest BCUT2D eigenvalue weighted by atomic mass is 32.2. The van der Waals surface area contributed by atoms with Gasteiger partial charge in [0.2, 0.25) is 5.91 Å². The molecule has 0 radical (unpaired) electrons. The summed E-state index contributed by atoms with van der Waals surface area (Å²) in [5, 5.41) is 5.13. The van der Waals surface area contributed by atoms with Gasteiger partial charge in [-0.25, -0.2) is 8.42 Å². The van der Waals surface area contributed by atoms with E-state index in [1.807, 2.05) is 0 Å². The Morgan fingerprint density at radius 3 is 2.30 bits per heavy atom. The zero-order valence-corrected chi connectivity index (χ0v) is 16.7. The number of benzene rings is 1. The van der Waals surface area contributed by atoms with Crippen LogP contribution in [0.25, 0.3) is 0 Å². The summed E-state index contributed by atoms with van der Waals surface area (Å²) in [5.74, 6) is -1.00. The van der Waals surface area contributed by atoms with Crippen LogP contribution in [0, 0.1) is 0 Å². The molecule has 1 aliphatic heterocycles. The van der Waals surface area contributed by atoms with Crippen LogP contribution in [0.4, 0.5) is 11.4 Å². The van der Waals surface area contributed by atoms with Crippen molar-refractivity contribution in [3.63, 3.8) is 0 Å². The maximum atomic E-state index is 12.1. The van der Waals surface area contributed by atoms with Gasteiger partial charge in [-0.3, -0.25) is 14.4 Å². The predicted molar refractivity (Wildman–Crippen MR) is 104 cm³/mol. The number of hydrogen-bond donors (Lipinski definition) is 2. The molecule has 148 valence electrons. The minimum Gasteiger partial charge on any atom is -0.452 e. The molecule has 0 spiro atoms. The second-order valence-corrected chi connectivity index (χ2v) is 9.73. The Bertz CT molecular complexity index is 807. The molecule has 1 aromatic rings. The minimum atomic E-state index is -2.98. The topological polar surface area (TPSA) is 119 Å². The van der Waals surface area contributed by atoms with E-state index < -0.39 is 27.8 Å². The van der Waals surface area contributed by atoms with Crippen molar-refractivity contribution in [3.8, 4) is 0 Å². The molecule has 1 aliphatic rings. The van der Waals surface area contributed by atoms with Crippen LogP contribution < -0.4 is 10.6 Å². The number of ether oxygens (including phenoxy) is 1. The summed E-state index contributed by atoms with van der Waals surface area (Å²) in [4.78, 5) is 35.0. The number of amides is 2. The molecule has 1 heterocycles. The Kier molecular flexibility index (Phi) is 7.25. The highest BCUT2D eigenvalue weighted by molar-refractivity contribution is 8.02. The van der Waals surface area contributed by atoms with Crippen molar-refractivity contribution in [1.29, 1.82) is 0 Å². The molecule has 0 aliphatic carbocycles. The van der Waals surface area contributed by atoms with Gasteiger partial charge in [0, 0.05) is 23.5 Å². The lowest BCUT2D eigenvalue weighted by Gasteiger charge is -2.14. The number of anilines is 2. The van der Waals surface area contributed by atoms with E-state index >= 15 is 0 Å². The van der Waals surface area contributed by atoms with E-state index in [4.69, 9.17) is 4.74 Å². The van der Waals surface area contributed by atoms with Gasteiger partial charge in [-0.15, -0.1) is 11.8 Å². The third-order valence-corrected chi connectivity index (χ3v) is 7.03. The normalized spacial score (nSPS) is 19.1. The number of thioether (sulfide) groups is 1. The monoisotopic (exact) mass is 414 g/mol. The molecule has 1 fully saturated rings. The van der Waals surface area contributed by atoms with Gasteiger partial charge in [0.05, 0.1) is 17.3 Å². The van der Waals surface area contributed by atoms with Crippen LogP contribution in [0.1, 0.15) is 20.3 Å². The van der Waals surface area contributed by atoms with Crippen LogP contribution in [0.5, 0.6) is 0 Å². The summed E-state index contributed by atoms with van der Waals surface area (Å²) in [6, 6.07) is 6.52. The lowest BCUT2D eigenvalue weighted by Crippen LogP contribution is -2.30. The average molecular weight is 415 g/mol. The van der Waals surface area contributed by atoms with E-state index in [9.17, 15) is 22.8 Å². The van der Waals surface area contributed by atoms with Crippen LogP contribution in [0.2, 0.25) is 0 Å². The Labute approximate surface area is 162 Å².